The molecule has 0 unspecified atom stereocenters. The van der Waals surface area contributed by atoms with Crippen LogP contribution in [0.15, 0.2) is 18.2 Å². The van der Waals surface area contributed by atoms with Gasteiger partial charge in [-0.3, -0.25) is 4.79 Å². The molecule has 76 valence electrons. The molecule has 0 saturated carbocycles. The van der Waals surface area contributed by atoms with Gasteiger partial charge in [-0.25, -0.2) is 0 Å². The molecule has 4 heteroatoms. The first kappa shape index (κ1) is 10.4. The summed E-state index contributed by atoms with van der Waals surface area (Å²) in [5.41, 5.74) is 6.62. The van der Waals surface area contributed by atoms with E-state index in [2.05, 4.69) is 5.32 Å². The molecular weight excluding hydrogens is 180 g/mol. The molecular formula is C10H14N2O2. The highest BCUT2D eigenvalue weighted by atomic mass is 16.3. The molecule has 0 spiro atoms. The SMILES string of the molecule is CC(=O)N[C@@H](C)c1ccc(N)c(O)c1. The molecule has 0 aliphatic rings. The van der Waals surface area contributed by atoms with Crippen LogP contribution in [-0.2, 0) is 4.79 Å². The minimum Gasteiger partial charge on any atom is -0.506 e. The van der Waals surface area contributed by atoms with Crippen molar-refractivity contribution >= 4 is 11.6 Å². The van der Waals surface area contributed by atoms with Crippen molar-refractivity contribution in [3.8, 4) is 5.75 Å². The zero-order valence-corrected chi connectivity index (χ0v) is 8.24. The predicted octanol–water partition coefficient (Wildman–Crippen LogP) is 1.17. The van der Waals surface area contributed by atoms with E-state index in [0.717, 1.165) is 5.56 Å². The summed E-state index contributed by atoms with van der Waals surface area (Å²) in [6, 6.07) is 4.81. The van der Waals surface area contributed by atoms with Gasteiger partial charge >= 0.3 is 0 Å². The van der Waals surface area contributed by atoms with Gasteiger partial charge in [-0.05, 0) is 24.6 Å². The Hall–Kier alpha value is -1.71. The molecule has 0 heterocycles. The molecule has 4 N–H and O–H groups in total. The summed E-state index contributed by atoms with van der Waals surface area (Å²) < 4.78 is 0. The van der Waals surface area contributed by atoms with E-state index in [0.29, 0.717) is 5.69 Å². The maximum atomic E-state index is 10.8. The van der Waals surface area contributed by atoms with Crippen LogP contribution in [0.3, 0.4) is 0 Å². The van der Waals surface area contributed by atoms with Gasteiger partial charge in [0, 0.05) is 6.92 Å². The molecule has 0 bridgehead atoms. The predicted molar refractivity (Wildman–Crippen MR) is 54.8 cm³/mol. The minimum atomic E-state index is -0.126. The first-order valence-electron chi connectivity index (χ1n) is 4.36. The second-order valence-electron chi connectivity index (χ2n) is 3.24. The van der Waals surface area contributed by atoms with Crippen molar-refractivity contribution in [2.24, 2.45) is 0 Å². The van der Waals surface area contributed by atoms with Gasteiger partial charge in [-0.1, -0.05) is 6.07 Å². The zero-order chi connectivity index (χ0) is 10.7. The third-order valence-electron chi connectivity index (χ3n) is 1.97. The minimum absolute atomic E-state index is 0.0414. The van der Waals surface area contributed by atoms with Gasteiger partial charge in [-0.15, -0.1) is 0 Å². The lowest BCUT2D eigenvalue weighted by molar-refractivity contribution is -0.119. The number of nitrogens with two attached hydrogens (primary N) is 1. The highest BCUT2D eigenvalue weighted by molar-refractivity contribution is 5.73. The number of hydrogen-bond donors (Lipinski definition) is 3. The van der Waals surface area contributed by atoms with Crippen LogP contribution in [0.25, 0.3) is 0 Å². The average Bonchev–Trinajstić information content (AvgIpc) is 2.08. The zero-order valence-electron chi connectivity index (χ0n) is 8.24. The van der Waals surface area contributed by atoms with E-state index in [1.54, 1.807) is 18.2 Å². The molecule has 14 heavy (non-hydrogen) atoms. The Morgan fingerprint density at radius 1 is 1.57 bits per heavy atom. The van der Waals surface area contributed by atoms with E-state index in [9.17, 15) is 9.90 Å². The molecule has 0 radical (unpaired) electrons. The molecule has 1 aromatic carbocycles. The number of carbonyl (C=O) groups excluding carboxylic acids is 1. The van der Waals surface area contributed by atoms with Crippen molar-refractivity contribution in [3.05, 3.63) is 23.8 Å². The number of phenolic OH excluding ortho intramolecular Hbond substituents is 1. The monoisotopic (exact) mass is 194 g/mol. The van der Waals surface area contributed by atoms with E-state index in [4.69, 9.17) is 5.73 Å². The van der Waals surface area contributed by atoms with Gasteiger partial charge in [0.15, 0.2) is 0 Å². The normalized spacial score (nSPS) is 12.1. The standard InChI is InChI=1S/C10H14N2O2/c1-6(12-7(2)13)8-3-4-9(11)10(14)5-8/h3-6,14H,11H2,1-2H3,(H,12,13)/t6-/m0/s1. The number of phenols is 1. The van der Waals surface area contributed by atoms with Crippen LogP contribution in [0.1, 0.15) is 25.5 Å². The van der Waals surface area contributed by atoms with Crippen LogP contribution < -0.4 is 11.1 Å². The van der Waals surface area contributed by atoms with Crippen LogP contribution in [0.2, 0.25) is 0 Å². The molecule has 1 atom stereocenters. The Morgan fingerprint density at radius 2 is 2.21 bits per heavy atom. The molecule has 0 aliphatic carbocycles. The van der Waals surface area contributed by atoms with Crippen LogP contribution in [0.4, 0.5) is 5.69 Å². The van der Waals surface area contributed by atoms with Gasteiger partial charge in [-0.2, -0.15) is 0 Å². The fourth-order valence-electron chi connectivity index (χ4n) is 1.22. The lowest BCUT2D eigenvalue weighted by Crippen LogP contribution is -2.23. The van der Waals surface area contributed by atoms with E-state index >= 15 is 0 Å². The van der Waals surface area contributed by atoms with E-state index in [1.165, 1.54) is 6.92 Å². The number of benzene rings is 1. The fourth-order valence-corrected chi connectivity index (χ4v) is 1.22. The average molecular weight is 194 g/mol. The van der Waals surface area contributed by atoms with Crippen LogP contribution in [0, 0.1) is 0 Å². The van der Waals surface area contributed by atoms with Crippen LogP contribution in [0.5, 0.6) is 5.75 Å². The number of nitrogens with one attached hydrogen (secondary N) is 1. The third-order valence-corrected chi connectivity index (χ3v) is 1.97. The summed E-state index contributed by atoms with van der Waals surface area (Å²) in [4.78, 5) is 10.8. The topological polar surface area (TPSA) is 75.4 Å². The van der Waals surface area contributed by atoms with Gasteiger partial charge in [0.25, 0.3) is 0 Å². The lowest BCUT2D eigenvalue weighted by atomic mass is 10.1. The van der Waals surface area contributed by atoms with Gasteiger partial charge in [0.2, 0.25) is 5.91 Å². The van der Waals surface area contributed by atoms with Crippen molar-refractivity contribution in [1.82, 2.24) is 5.32 Å². The Morgan fingerprint density at radius 3 is 2.71 bits per heavy atom. The van der Waals surface area contributed by atoms with E-state index in [1.807, 2.05) is 6.92 Å². The molecule has 0 aliphatic heterocycles. The number of amides is 1. The van der Waals surface area contributed by atoms with Crippen molar-refractivity contribution in [3.63, 3.8) is 0 Å². The summed E-state index contributed by atoms with van der Waals surface area (Å²) in [5, 5.41) is 12.1. The highest BCUT2D eigenvalue weighted by Crippen LogP contribution is 2.24. The number of aromatic hydroxyl groups is 1. The van der Waals surface area contributed by atoms with Crippen molar-refractivity contribution in [2.45, 2.75) is 19.9 Å². The number of nitrogen functional groups attached to an aromatic ring is 1. The third kappa shape index (κ3) is 2.39. The molecule has 0 aromatic heterocycles. The summed E-state index contributed by atoms with van der Waals surface area (Å²) in [7, 11) is 0. The number of rotatable bonds is 2. The Balaban J connectivity index is 2.85. The van der Waals surface area contributed by atoms with Gasteiger partial charge < -0.3 is 16.2 Å². The van der Waals surface area contributed by atoms with Gasteiger partial charge in [0.1, 0.15) is 5.75 Å². The maximum absolute atomic E-state index is 10.8. The van der Waals surface area contributed by atoms with Crippen molar-refractivity contribution in [1.29, 1.82) is 0 Å². The van der Waals surface area contributed by atoms with E-state index in [-0.39, 0.29) is 17.7 Å². The van der Waals surface area contributed by atoms with Gasteiger partial charge in [0.05, 0.1) is 11.7 Å². The van der Waals surface area contributed by atoms with Crippen LogP contribution >= 0.6 is 0 Å². The summed E-state index contributed by atoms with van der Waals surface area (Å²) in [5.74, 6) is -0.0616. The first-order valence-corrected chi connectivity index (χ1v) is 4.36. The number of hydrogen-bond acceptors (Lipinski definition) is 3. The summed E-state index contributed by atoms with van der Waals surface area (Å²) in [6.45, 7) is 3.29. The molecule has 0 saturated heterocycles. The Kier molecular flexibility index (Phi) is 2.96. The summed E-state index contributed by atoms with van der Waals surface area (Å²) in [6.07, 6.45) is 0. The fraction of sp³-hybridized carbons (Fsp3) is 0.300. The smallest absolute Gasteiger partial charge is 0.217 e. The molecule has 0 fully saturated rings. The van der Waals surface area contributed by atoms with Crippen molar-refractivity contribution < 1.29 is 9.90 Å². The second-order valence-corrected chi connectivity index (χ2v) is 3.24. The molecule has 1 aromatic rings. The molecule has 1 rings (SSSR count). The maximum Gasteiger partial charge on any atom is 0.217 e. The Bertz CT molecular complexity index is 350. The lowest BCUT2D eigenvalue weighted by Gasteiger charge is -2.13. The van der Waals surface area contributed by atoms with E-state index < -0.39 is 0 Å². The van der Waals surface area contributed by atoms with Crippen molar-refractivity contribution in [2.75, 3.05) is 5.73 Å². The highest BCUT2D eigenvalue weighted by Gasteiger charge is 2.07. The number of anilines is 1. The molecule has 4 nitrogen and oxygen atoms in total. The van der Waals surface area contributed by atoms with Crippen LogP contribution in [-0.4, -0.2) is 11.0 Å². The largest absolute Gasteiger partial charge is 0.506 e. The molecule has 1 amide bonds. The number of carbonyl (C=O) groups is 1. The second kappa shape index (κ2) is 4.00. The summed E-state index contributed by atoms with van der Waals surface area (Å²) >= 11 is 0. The quantitative estimate of drug-likeness (QED) is 0.488. The Labute approximate surface area is 82.7 Å². The first-order chi connectivity index (χ1) is 6.50.